The van der Waals surface area contributed by atoms with Crippen LogP contribution in [0.4, 0.5) is 8.78 Å². The summed E-state index contributed by atoms with van der Waals surface area (Å²) in [5.41, 5.74) is 7.28. The fraction of sp³-hybridized carbons (Fsp3) is 0.143. The highest BCUT2D eigenvalue weighted by Crippen LogP contribution is 2.30. The molecule has 0 unspecified atom stereocenters. The molecular weight excluding hydrogens is 282 g/mol. The molecule has 0 fully saturated rings. The summed E-state index contributed by atoms with van der Waals surface area (Å²) in [5, 5.41) is 0. The molecule has 0 aliphatic carbocycles. The molecule has 2 aromatic rings. The lowest BCUT2D eigenvalue weighted by Crippen LogP contribution is -2.14. The number of ether oxygens (including phenoxy) is 1. The maximum Gasteiger partial charge on any atom is 0.201 e. The maximum absolute atomic E-state index is 13.6. The first-order valence-corrected chi connectivity index (χ1v) is 6.21. The zero-order valence-electron chi connectivity index (χ0n) is 10.9. The van der Waals surface area contributed by atoms with Crippen molar-refractivity contribution < 1.29 is 13.5 Å². The molecule has 0 saturated heterocycles. The minimum atomic E-state index is -1.06. The van der Waals surface area contributed by atoms with E-state index in [9.17, 15) is 8.78 Å². The first-order chi connectivity index (χ1) is 9.40. The molecule has 0 aliphatic heterocycles. The van der Waals surface area contributed by atoms with Crippen LogP contribution >= 0.6 is 12.2 Å². The van der Waals surface area contributed by atoms with Gasteiger partial charge >= 0.3 is 0 Å². The maximum atomic E-state index is 13.6. The van der Waals surface area contributed by atoms with Crippen LogP contribution in [0.5, 0.6) is 11.5 Å². The molecule has 1 aromatic heterocycles. The van der Waals surface area contributed by atoms with E-state index >= 15 is 0 Å². The summed E-state index contributed by atoms with van der Waals surface area (Å²) in [4.78, 5) is 4.31. The molecule has 0 atom stereocenters. The number of hydrogen-bond acceptors (Lipinski definition) is 3. The Kier molecular flexibility index (Phi) is 3.94. The third-order valence-electron chi connectivity index (χ3n) is 2.67. The number of nitrogens with zero attached hydrogens (tertiary/aromatic N) is 1. The van der Waals surface area contributed by atoms with Gasteiger partial charge in [-0.15, -0.1) is 0 Å². The fourth-order valence-electron chi connectivity index (χ4n) is 1.85. The van der Waals surface area contributed by atoms with Crippen LogP contribution in [-0.4, -0.2) is 9.97 Å². The van der Waals surface area contributed by atoms with Crippen LogP contribution in [0, 0.1) is 25.5 Å². The first-order valence-electron chi connectivity index (χ1n) is 5.80. The Hall–Kier alpha value is -2.08. The molecule has 104 valence electrons. The van der Waals surface area contributed by atoms with Crippen LogP contribution in [0.15, 0.2) is 24.3 Å². The van der Waals surface area contributed by atoms with E-state index in [1.54, 1.807) is 19.9 Å². The largest absolute Gasteiger partial charge is 0.453 e. The second-order valence-corrected chi connectivity index (χ2v) is 4.68. The summed E-state index contributed by atoms with van der Waals surface area (Å²) in [7, 11) is 0. The second kappa shape index (κ2) is 5.50. The number of halogens is 2. The van der Waals surface area contributed by atoms with Gasteiger partial charge in [-0.1, -0.05) is 18.3 Å². The van der Waals surface area contributed by atoms with Crippen molar-refractivity contribution in [1.29, 1.82) is 0 Å². The quantitative estimate of drug-likeness (QED) is 0.881. The highest BCUT2D eigenvalue weighted by molar-refractivity contribution is 7.80. The van der Waals surface area contributed by atoms with Gasteiger partial charge in [0.05, 0.1) is 11.3 Å². The summed E-state index contributed by atoms with van der Waals surface area (Å²) in [6.07, 6.45) is 0. The first kappa shape index (κ1) is 14.3. The highest BCUT2D eigenvalue weighted by atomic mass is 32.1. The van der Waals surface area contributed by atoms with Crippen LogP contribution in [0.25, 0.3) is 0 Å². The molecule has 2 rings (SSSR count). The van der Waals surface area contributed by atoms with Gasteiger partial charge in [0.25, 0.3) is 0 Å². The van der Waals surface area contributed by atoms with Gasteiger partial charge < -0.3 is 10.5 Å². The Morgan fingerprint density at radius 2 is 1.95 bits per heavy atom. The molecule has 3 nitrogen and oxygen atoms in total. The number of aryl methyl sites for hydroxylation is 2. The Labute approximate surface area is 120 Å². The number of nitrogens with two attached hydrogens (primary N) is 1. The number of hydrogen-bond donors (Lipinski definition) is 1. The van der Waals surface area contributed by atoms with E-state index in [0.29, 0.717) is 17.0 Å². The Bertz CT molecular complexity index is 689. The Morgan fingerprint density at radius 1 is 1.25 bits per heavy atom. The minimum Gasteiger partial charge on any atom is -0.453 e. The van der Waals surface area contributed by atoms with Gasteiger partial charge in [-0.2, -0.15) is 4.39 Å². The van der Waals surface area contributed by atoms with E-state index in [1.165, 1.54) is 12.1 Å². The van der Waals surface area contributed by atoms with Crippen molar-refractivity contribution in [3.05, 3.63) is 52.9 Å². The molecular formula is C14H12F2N2OS. The van der Waals surface area contributed by atoms with Crippen molar-refractivity contribution in [3.63, 3.8) is 0 Å². The highest BCUT2D eigenvalue weighted by Gasteiger charge is 2.16. The predicted molar refractivity (Wildman–Crippen MR) is 76.0 cm³/mol. The smallest absolute Gasteiger partial charge is 0.201 e. The molecule has 6 heteroatoms. The number of pyridine rings is 1. The summed E-state index contributed by atoms with van der Waals surface area (Å²) in [6, 6.07) is 5.27. The SMILES string of the molecule is Cc1cc(Oc2cccc(F)c2F)c(C(N)=S)c(C)n1. The van der Waals surface area contributed by atoms with E-state index in [1.807, 2.05) is 0 Å². The second-order valence-electron chi connectivity index (χ2n) is 4.24. The normalized spacial score (nSPS) is 10.4. The average Bonchev–Trinajstić information content (AvgIpc) is 2.33. The predicted octanol–water partition coefficient (Wildman–Crippen LogP) is 3.40. The Balaban J connectivity index is 2.53. The van der Waals surface area contributed by atoms with Crippen LogP contribution in [0.1, 0.15) is 17.0 Å². The van der Waals surface area contributed by atoms with Gasteiger partial charge in [0, 0.05) is 11.8 Å². The molecule has 0 radical (unpaired) electrons. The van der Waals surface area contributed by atoms with Gasteiger partial charge in [0.15, 0.2) is 11.6 Å². The van der Waals surface area contributed by atoms with E-state index in [4.69, 9.17) is 22.7 Å². The number of thiocarbonyl (C=S) groups is 1. The summed E-state index contributed by atoms with van der Waals surface area (Å²) in [6.45, 7) is 3.47. The van der Waals surface area contributed by atoms with Crippen LogP contribution in [-0.2, 0) is 0 Å². The van der Waals surface area contributed by atoms with E-state index < -0.39 is 11.6 Å². The van der Waals surface area contributed by atoms with Gasteiger partial charge in [-0.3, -0.25) is 4.98 Å². The Morgan fingerprint density at radius 3 is 2.60 bits per heavy atom. The van der Waals surface area contributed by atoms with Crippen molar-refractivity contribution >= 4 is 17.2 Å². The molecule has 0 saturated carbocycles. The molecule has 1 heterocycles. The molecule has 1 aromatic carbocycles. The van der Waals surface area contributed by atoms with Crippen molar-refractivity contribution in [2.45, 2.75) is 13.8 Å². The van der Waals surface area contributed by atoms with Gasteiger partial charge in [-0.25, -0.2) is 4.39 Å². The van der Waals surface area contributed by atoms with E-state index in [2.05, 4.69) is 4.98 Å². The number of rotatable bonds is 3. The van der Waals surface area contributed by atoms with Crippen molar-refractivity contribution in [2.75, 3.05) is 0 Å². The third kappa shape index (κ3) is 2.75. The topological polar surface area (TPSA) is 48.1 Å². The molecule has 2 N–H and O–H groups in total. The zero-order chi connectivity index (χ0) is 14.9. The molecule has 0 amide bonds. The molecule has 0 bridgehead atoms. The summed E-state index contributed by atoms with van der Waals surface area (Å²) in [5.74, 6) is -2.02. The van der Waals surface area contributed by atoms with Crippen LogP contribution < -0.4 is 10.5 Å². The fourth-order valence-corrected chi connectivity index (χ4v) is 2.10. The lowest BCUT2D eigenvalue weighted by atomic mass is 10.1. The van der Waals surface area contributed by atoms with Crippen LogP contribution in [0.3, 0.4) is 0 Å². The average molecular weight is 294 g/mol. The number of benzene rings is 1. The monoisotopic (exact) mass is 294 g/mol. The molecule has 0 spiro atoms. The molecule has 20 heavy (non-hydrogen) atoms. The van der Waals surface area contributed by atoms with Crippen molar-refractivity contribution in [2.24, 2.45) is 5.73 Å². The minimum absolute atomic E-state index is 0.0850. The van der Waals surface area contributed by atoms with E-state index in [-0.39, 0.29) is 16.5 Å². The lowest BCUT2D eigenvalue weighted by molar-refractivity contribution is 0.414. The zero-order valence-corrected chi connectivity index (χ0v) is 11.7. The van der Waals surface area contributed by atoms with Crippen LogP contribution in [0.2, 0.25) is 0 Å². The summed E-state index contributed by atoms with van der Waals surface area (Å²) < 4.78 is 32.2. The van der Waals surface area contributed by atoms with Gasteiger partial charge in [-0.05, 0) is 26.0 Å². The van der Waals surface area contributed by atoms with E-state index in [0.717, 1.165) is 6.07 Å². The lowest BCUT2D eigenvalue weighted by Gasteiger charge is -2.13. The van der Waals surface area contributed by atoms with Crippen molar-refractivity contribution in [3.8, 4) is 11.5 Å². The summed E-state index contributed by atoms with van der Waals surface area (Å²) >= 11 is 4.95. The van der Waals surface area contributed by atoms with Gasteiger partial charge in [0.1, 0.15) is 10.7 Å². The standard InChI is InChI=1S/C14H12F2N2OS/c1-7-6-11(12(14(17)20)8(2)18-7)19-10-5-3-4-9(15)13(10)16/h3-6H,1-2H3,(H2,17,20). The van der Waals surface area contributed by atoms with Crippen molar-refractivity contribution in [1.82, 2.24) is 4.98 Å². The van der Waals surface area contributed by atoms with Gasteiger partial charge in [0.2, 0.25) is 5.82 Å². The number of aromatic nitrogens is 1. The third-order valence-corrected chi connectivity index (χ3v) is 2.88. The molecule has 0 aliphatic rings.